The minimum atomic E-state index is -4.14. The topological polar surface area (TPSA) is 66.5 Å². The number of amides is 1. The predicted molar refractivity (Wildman–Crippen MR) is 92.9 cm³/mol. The largest absolute Gasteiger partial charge is 0.326 e. The van der Waals surface area contributed by atoms with Gasteiger partial charge in [-0.05, 0) is 43.2 Å². The average Bonchev–Trinajstić information content (AvgIpc) is 2.64. The van der Waals surface area contributed by atoms with Crippen LogP contribution in [0.4, 0.5) is 14.5 Å². The summed E-state index contributed by atoms with van der Waals surface area (Å²) in [6.45, 7) is 0.149. The highest BCUT2D eigenvalue weighted by Gasteiger charge is 2.33. The third-order valence-corrected chi connectivity index (χ3v) is 6.29. The Balaban J connectivity index is 1.66. The molecule has 5 nitrogen and oxygen atoms in total. The molecule has 1 heterocycles. The minimum absolute atomic E-state index is 0.0746. The van der Waals surface area contributed by atoms with E-state index < -0.39 is 26.6 Å². The third kappa shape index (κ3) is 3.91. The number of hydrogen-bond donors (Lipinski definition) is 1. The van der Waals surface area contributed by atoms with Gasteiger partial charge >= 0.3 is 0 Å². The molecule has 3 rings (SSSR count). The van der Waals surface area contributed by atoms with Crippen LogP contribution in [-0.2, 0) is 14.8 Å². The summed E-state index contributed by atoms with van der Waals surface area (Å²) < 4.78 is 53.3. The molecule has 2 aromatic carbocycles. The fourth-order valence-electron chi connectivity index (χ4n) is 2.94. The molecule has 0 bridgehead atoms. The van der Waals surface area contributed by atoms with Crippen LogP contribution >= 0.6 is 0 Å². The Labute approximate surface area is 150 Å². The van der Waals surface area contributed by atoms with Crippen molar-refractivity contribution < 1.29 is 22.0 Å². The highest BCUT2D eigenvalue weighted by atomic mass is 32.2. The maximum atomic E-state index is 13.8. The van der Waals surface area contributed by atoms with Crippen molar-refractivity contribution in [3.8, 4) is 0 Å². The second-order valence-electron chi connectivity index (χ2n) is 6.11. The fraction of sp³-hybridized carbons (Fsp3) is 0.278. The van der Waals surface area contributed by atoms with Gasteiger partial charge in [0.15, 0.2) is 0 Å². The zero-order valence-corrected chi connectivity index (χ0v) is 14.7. The Hall–Kier alpha value is -2.32. The molecular formula is C18H18F2N2O3S. The van der Waals surface area contributed by atoms with E-state index in [0.29, 0.717) is 24.6 Å². The number of halogens is 2. The Bertz CT molecular complexity index is 896. The molecule has 0 atom stereocenters. The summed E-state index contributed by atoms with van der Waals surface area (Å²) in [5, 5.41) is 2.80. The summed E-state index contributed by atoms with van der Waals surface area (Å²) in [5.41, 5.74) is 0.675. The number of nitrogens with one attached hydrogen (secondary N) is 1. The standard InChI is InChI=1S/C18H18F2N2O3S/c19-14-6-7-16(20)17(12-14)26(24,25)22-10-8-13(9-11-22)18(23)21-15-4-2-1-3-5-15/h1-7,12-13H,8-11H2,(H,21,23). The van der Waals surface area contributed by atoms with E-state index in [2.05, 4.69) is 5.32 Å². The molecule has 0 aromatic heterocycles. The van der Waals surface area contributed by atoms with Gasteiger partial charge in [-0.15, -0.1) is 0 Å². The van der Waals surface area contributed by atoms with Crippen LogP contribution < -0.4 is 5.32 Å². The minimum Gasteiger partial charge on any atom is -0.326 e. The molecule has 26 heavy (non-hydrogen) atoms. The zero-order chi connectivity index (χ0) is 18.7. The second-order valence-corrected chi connectivity index (χ2v) is 8.01. The lowest BCUT2D eigenvalue weighted by Crippen LogP contribution is -2.41. The van der Waals surface area contributed by atoms with Crippen molar-refractivity contribution in [3.63, 3.8) is 0 Å². The molecule has 2 aromatic rings. The first-order valence-corrected chi connectivity index (χ1v) is 9.63. The van der Waals surface area contributed by atoms with Gasteiger partial charge in [-0.2, -0.15) is 4.31 Å². The molecule has 138 valence electrons. The Kier molecular flexibility index (Phi) is 5.33. The number of anilines is 1. The Morgan fingerprint density at radius 1 is 1.04 bits per heavy atom. The van der Waals surface area contributed by atoms with Crippen molar-refractivity contribution >= 4 is 21.6 Å². The number of carbonyl (C=O) groups excluding carboxylic acids is 1. The molecule has 0 spiro atoms. The maximum absolute atomic E-state index is 13.8. The summed E-state index contributed by atoms with van der Waals surface area (Å²) in [7, 11) is -4.14. The van der Waals surface area contributed by atoms with E-state index >= 15 is 0 Å². The number of benzene rings is 2. The number of sulfonamides is 1. The van der Waals surface area contributed by atoms with Crippen LogP contribution in [0.15, 0.2) is 53.4 Å². The van der Waals surface area contributed by atoms with Gasteiger partial charge in [0, 0.05) is 24.7 Å². The van der Waals surface area contributed by atoms with Crippen molar-refractivity contribution in [2.24, 2.45) is 5.92 Å². The summed E-state index contributed by atoms with van der Waals surface area (Å²) in [6.07, 6.45) is 0.629. The van der Waals surface area contributed by atoms with Crippen LogP contribution in [-0.4, -0.2) is 31.7 Å². The first kappa shape index (κ1) is 18.5. The van der Waals surface area contributed by atoms with Crippen molar-refractivity contribution in [2.75, 3.05) is 18.4 Å². The van der Waals surface area contributed by atoms with Crippen LogP contribution in [0.25, 0.3) is 0 Å². The van der Waals surface area contributed by atoms with Crippen LogP contribution in [0.2, 0.25) is 0 Å². The molecule has 1 aliphatic heterocycles. The van der Waals surface area contributed by atoms with Crippen LogP contribution in [0, 0.1) is 17.6 Å². The van der Waals surface area contributed by atoms with Crippen molar-refractivity contribution in [1.82, 2.24) is 4.31 Å². The van der Waals surface area contributed by atoms with Crippen molar-refractivity contribution in [1.29, 1.82) is 0 Å². The van der Waals surface area contributed by atoms with Gasteiger partial charge in [0.2, 0.25) is 15.9 Å². The SMILES string of the molecule is O=C(Nc1ccccc1)C1CCN(S(=O)(=O)c2cc(F)ccc2F)CC1. The number of hydrogen-bond acceptors (Lipinski definition) is 3. The summed E-state index contributed by atoms with van der Waals surface area (Å²) in [4.78, 5) is 11.6. The molecule has 1 aliphatic rings. The molecule has 0 unspecified atom stereocenters. The van der Waals surface area contributed by atoms with Gasteiger partial charge in [-0.25, -0.2) is 17.2 Å². The number of nitrogens with zero attached hydrogens (tertiary/aromatic N) is 1. The highest BCUT2D eigenvalue weighted by Crippen LogP contribution is 2.26. The van der Waals surface area contributed by atoms with E-state index in [-0.39, 0.29) is 24.9 Å². The van der Waals surface area contributed by atoms with Gasteiger partial charge in [-0.3, -0.25) is 4.79 Å². The highest BCUT2D eigenvalue weighted by molar-refractivity contribution is 7.89. The first-order chi connectivity index (χ1) is 12.4. The summed E-state index contributed by atoms with van der Waals surface area (Å²) in [5.74, 6) is -2.32. The van der Waals surface area contributed by atoms with E-state index in [4.69, 9.17) is 0 Å². The smallest absolute Gasteiger partial charge is 0.246 e. The zero-order valence-electron chi connectivity index (χ0n) is 13.9. The number of carbonyl (C=O) groups is 1. The lowest BCUT2D eigenvalue weighted by molar-refractivity contribution is -0.120. The summed E-state index contributed by atoms with van der Waals surface area (Å²) in [6, 6.07) is 11.3. The van der Waals surface area contributed by atoms with E-state index in [1.165, 1.54) is 0 Å². The lowest BCUT2D eigenvalue weighted by atomic mass is 9.97. The molecule has 0 saturated carbocycles. The van der Waals surface area contributed by atoms with Gasteiger partial charge in [0.1, 0.15) is 16.5 Å². The second kappa shape index (κ2) is 7.51. The van der Waals surface area contributed by atoms with E-state index in [1.54, 1.807) is 24.3 Å². The monoisotopic (exact) mass is 380 g/mol. The first-order valence-electron chi connectivity index (χ1n) is 8.19. The van der Waals surface area contributed by atoms with Crippen LogP contribution in [0.3, 0.4) is 0 Å². The van der Waals surface area contributed by atoms with Crippen LogP contribution in [0.1, 0.15) is 12.8 Å². The summed E-state index contributed by atoms with van der Waals surface area (Å²) >= 11 is 0. The third-order valence-electron chi connectivity index (χ3n) is 4.38. The van der Waals surface area contributed by atoms with Gasteiger partial charge in [-0.1, -0.05) is 18.2 Å². The molecular weight excluding hydrogens is 362 g/mol. The van der Waals surface area contributed by atoms with Crippen LogP contribution in [0.5, 0.6) is 0 Å². The van der Waals surface area contributed by atoms with Gasteiger partial charge in [0.05, 0.1) is 0 Å². The van der Waals surface area contributed by atoms with Crippen molar-refractivity contribution in [2.45, 2.75) is 17.7 Å². The Morgan fingerprint density at radius 2 is 1.69 bits per heavy atom. The molecule has 1 N–H and O–H groups in total. The molecule has 0 aliphatic carbocycles. The quantitative estimate of drug-likeness (QED) is 0.887. The molecule has 1 saturated heterocycles. The normalized spacial score (nSPS) is 16.4. The maximum Gasteiger partial charge on any atom is 0.246 e. The van der Waals surface area contributed by atoms with Gasteiger partial charge in [0.25, 0.3) is 0 Å². The fourth-order valence-corrected chi connectivity index (χ4v) is 4.48. The molecule has 1 amide bonds. The molecule has 0 radical (unpaired) electrons. The molecule has 1 fully saturated rings. The van der Waals surface area contributed by atoms with E-state index in [1.807, 2.05) is 6.07 Å². The van der Waals surface area contributed by atoms with Gasteiger partial charge < -0.3 is 5.32 Å². The lowest BCUT2D eigenvalue weighted by Gasteiger charge is -2.30. The predicted octanol–water partition coefficient (Wildman–Crippen LogP) is 3.00. The molecule has 8 heteroatoms. The average molecular weight is 380 g/mol. The number of rotatable bonds is 4. The number of piperidine rings is 1. The van der Waals surface area contributed by atoms with Crippen molar-refractivity contribution in [3.05, 3.63) is 60.2 Å². The van der Waals surface area contributed by atoms with E-state index in [0.717, 1.165) is 16.4 Å². The number of para-hydroxylation sites is 1. The Morgan fingerprint density at radius 3 is 2.35 bits per heavy atom. The van der Waals surface area contributed by atoms with E-state index in [9.17, 15) is 22.0 Å².